The Kier molecular flexibility index (Phi) is 21.4. The predicted octanol–water partition coefficient (Wildman–Crippen LogP) is 11.9. The zero-order chi connectivity index (χ0) is 38.0. The van der Waals surface area contributed by atoms with Crippen LogP contribution in [0.1, 0.15) is 115 Å². The molecule has 0 bridgehead atoms. The van der Waals surface area contributed by atoms with Crippen LogP contribution >= 0.6 is 7.82 Å². The quantitative estimate of drug-likeness (QED) is 0.0268. The van der Waals surface area contributed by atoms with E-state index in [9.17, 15) is 24.8 Å². The maximum absolute atomic E-state index is 14.0. The lowest BCUT2D eigenvalue weighted by Crippen LogP contribution is -2.26. The molecule has 0 fully saturated rings. The number of benzene rings is 3. The number of phosphoric ester groups is 1. The SMILES string of the molecule is CCCCCCCCCCCCCCCCCCOCC(COP(=O)(Oc1ccc([N+](=O)[O-])cc1)Oc1ccc([N+](=O)[O-])cc1)OCc1ccccc1. The highest BCUT2D eigenvalue weighted by atomic mass is 31.2. The lowest BCUT2D eigenvalue weighted by Gasteiger charge is -2.23. The minimum absolute atomic E-state index is 0.00217. The van der Waals surface area contributed by atoms with E-state index in [1.807, 2.05) is 30.3 Å². The van der Waals surface area contributed by atoms with Gasteiger partial charge >= 0.3 is 7.82 Å². The number of non-ortho nitro benzene ring substituents is 2. The third-order valence-electron chi connectivity index (χ3n) is 8.72. The van der Waals surface area contributed by atoms with E-state index < -0.39 is 23.8 Å². The molecule has 3 aromatic rings. The molecule has 0 spiro atoms. The van der Waals surface area contributed by atoms with E-state index in [4.69, 9.17) is 23.0 Å². The standard InChI is InChI=1S/C40H57N2O10P/c1-2-3-4-5-6-7-8-9-10-11-12-13-14-15-16-20-31-48-33-40(49-32-35-21-18-17-19-22-35)34-50-53(47,51-38-27-23-36(24-28-38)41(43)44)52-39-29-25-37(26-30-39)42(45)46/h17-19,21-30,40H,2-16,20,31-34H2,1H3. The summed E-state index contributed by atoms with van der Waals surface area (Å²) < 4.78 is 43.1. The monoisotopic (exact) mass is 756 g/mol. The van der Waals surface area contributed by atoms with Gasteiger partial charge in [-0.25, -0.2) is 4.57 Å². The topological polar surface area (TPSA) is 150 Å². The molecule has 0 amide bonds. The molecule has 0 N–H and O–H groups in total. The van der Waals surface area contributed by atoms with Crippen LogP contribution in [0.15, 0.2) is 78.9 Å². The van der Waals surface area contributed by atoms with Crippen LogP contribution in [0.25, 0.3) is 0 Å². The van der Waals surface area contributed by atoms with Crippen molar-refractivity contribution in [2.45, 2.75) is 122 Å². The summed E-state index contributed by atoms with van der Waals surface area (Å²) in [5.41, 5.74) is 0.572. The summed E-state index contributed by atoms with van der Waals surface area (Å²) in [6.07, 6.45) is 20.0. The van der Waals surface area contributed by atoms with Crippen LogP contribution in [-0.2, 0) is 25.2 Å². The summed E-state index contributed by atoms with van der Waals surface area (Å²) in [4.78, 5) is 21.1. The summed E-state index contributed by atoms with van der Waals surface area (Å²) in [6, 6.07) is 19.5. The molecule has 12 nitrogen and oxygen atoms in total. The number of nitro groups is 2. The Bertz CT molecular complexity index is 1410. The summed E-state index contributed by atoms with van der Waals surface area (Å²) in [5.74, 6) is 0.00435. The van der Waals surface area contributed by atoms with E-state index >= 15 is 0 Å². The van der Waals surface area contributed by atoms with Crippen molar-refractivity contribution in [1.29, 1.82) is 0 Å². The van der Waals surface area contributed by atoms with Crippen LogP contribution in [0.5, 0.6) is 11.5 Å². The van der Waals surface area contributed by atoms with Crippen molar-refractivity contribution in [2.24, 2.45) is 0 Å². The second-order valence-corrected chi connectivity index (χ2v) is 14.7. The number of ether oxygens (including phenoxy) is 2. The normalized spacial score (nSPS) is 12.0. The van der Waals surface area contributed by atoms with Crippen LogP contribution in [0.4, 0.5) is 11.4 Å². The van der Waals surface area contributed by atoms with Gasteiger partial charge in [0.05, 0.1) is 29.7 Å². The number of rotatable bonds is 31. The first-order valence-electron chi connectivity index (χ1n) is 19.1. The first kappa shape index (κ1) is 43.6. The Morgan fingerprint density at radius 1 is 0.585 bits per heavy atom. The molecule has 0 radical (unpaired) electrons. The highest BCUT2D eigenvalue weighted by molar-refractivity contribution is 7.49. The molecule has 3 aromatic carbocycles. The molecular weight excluding hydrogens is 699 g/mol. The molecule has 1 unspecified atom stereocenters. The number of unbranched alkanes of at least 4 members (excludes halogenated alkanes) is 15. The van der Waals surface area contributed by atoms with Crippen molar-refractivity contribution in [2.75, 3.05) is 19.8 Å². The molecule has 53 heavy (non-hydrogen) atoms. The van der Waals surface area contributed by atoms with Gasteiger partial charge in [0.15, 0.2) is 0 Å². The molecule has 1 atom stereocenters. The first-order chi connectivity index (χ1) is 25.8. The van der Waals surface area contributed by atoms with Crippen LogP contribution in [-0.4, -0.2) is 35.8 Å². The van der Waals surface area contributed by atoms with Gasteiger partial charge in [0, 0.05) is 30.9 Å². The van der Waals surface area contributed by atoms with Gasteiger partial charge in [0.25, 0.3) is 11.4 Å². The minimum Gasteiger partial charge on any atom is -0.395 e. The Balaban J connectivity index is 1.45. The molecule has 0 aliphatic heterocycles. The van der Waals surface area contributed by atoms with Crippen molar-refractivity contribution >= 4 is 19.2 Å². The highest BCUT2D eigenvalue weighted by Gasteiger charge is 2.33. The average Bonchev–Trinajstić information content (AvgIpc) is 3.16. The summed E-state index contributed by atoms with van der Waals surface area (Å²) >= 11 is 0. The molecule has 0 saturated heterocycles. The Labute approximate surface area is 314 Å². The summed E-state index contributed by atoms with van der Waals surface area (Å²) in [5, 5.41) is 22.2. The zero-order valence-corrected chi connectivity index (χ0v) is 32.0. The number of nitrogens with zero attached hydrogens (tertiary/aromatic N) is 2. The second-order valence-electron chi connectivity index (χ2n) is 13.2. The Morgan fingerprint density at radius 3 is 1.45 bits per heavy atom. The van der Waals surface area contributed by atoms with Gasteiger partial charge in [-0.1, -0.05) is 134 Å². The summed E-state index contributed by atoms with van der Waals surface area (Å²) in [7, 11) is -4.44. The fourth-order valence-electron chi connectivity index (χ4n) is 5.66. The van der Waals surface area contributed by atoms with E-state index in [1.165, 1.54) is 138 Å². The van der Waals surface area contributed by atoms with E-state index in [1.54, 1.807) is 0 Å². The van der Waals surface area contributed by atoms with Crippen LogP contribution < -0.4 is 9.05 Å². The van der Waals surface area contributed by atoms with Gasteiger partial charge in [-0.2, -0.15) is 0 Å². The number of hydrogen-bond acceptors (Lipinski definition) is 10. The molecular formula is C40H57N2O10P. The van der Waals surface area contributed by atoms with E-state index in [2.05, 4.69) is 6.92 Å². The third kappa shape index (κ3) is 19.2. The number of phosphoric acid groups is 1. The minimum atomic E-state index is -4.44. The van der Waals surface area contributed by atoms with Crippen molar-refractivity contribution in [1.82, 2.24) is 0 Å². The average molecular weight is 757 g/mol. The van der Waals surface area contributed by atoms with Crippen molar-refractivity contribution in [3.8, 4) is 11.5 Å². The molecule has 13 heteroatoms. The van der Waals surface area contributed by atoms with Crippen molar-refractivity contribution < 1.29 is 37.5 Å². The summed E-state index contributed by atoms with van der Waals surface area (Å²) in [6.45, 7) is 2.99. The number of hydrogen-bond donors (Lipinski definition) is 0. The molecule has 0 aromatic heterocycles. The third-order valence-corrected chi connectivity index (χ3v) is 10.1. The van der Waals surface area contributed by atoms with Crippen LogP contribution in [0.3, 0.4) is 0 Å². The second kappa shape index (κ2) is 26.0. The lowest BCUT2D eigenvalue weighted by atomic mass is 10.0. The Morgan fingerprint density at radius 2 is 1.02 bits per heavy atom. The van der Waals surface area contributed by atoms with Crippen LogP contribution in [0, 0.1) is 20.2 Å². The smallest absolute Gasteiger partial charge is 0.395 e. The van der Waals surface area contributed by atoms with E-state index in [0.29, 0.717) is 6.61 Å². The molecule has 0 aliphatic rings. The first-order valence-corrected chi connectivity index (χ1v) is 20.6. The van der Waals surface area contributed by atoms with Gasteiger partial charge in [-0.05, 0) is 36.2 Å². The molecule has 0 saturated carbocycles. The predicted molar refractivity (Wildman–Crippen MR) is 206 cm³/mol. The fourth-order valence-corrected chi connectivity index (χ4v) is 6.91. The van der Waals surface area contributed by atoms with E-state index in [0.717, 1.165) is 18.4 Å². The molecule has 292 valence electrons. The van der Waals surface area contributed by atoms with Gasteiger partial charge in [-0.15, -0.1) is 0 Å². The maximum Gasteiger partial charge on any atom is 0.587 e. The molecule has 3 rings (SSSR count). The molecule has 0 heterocycles. The fraction of sp³-hybridized carbons (Fsp3) is 0.550. The molecule has 0 aliphatic carbocycles. The maximum atomic E-state index is 14.0. The van der Waals surface area contributed by atoms with Crippen molar-refractivity contribution in [3.63, 3.8) is 0 Å². The number of nitro benzene ring substituents is 2. The zero-order valence-electron chi connectivity index (χ0n) is 31.1. The van der Waals surface area contributed by atoms with Gasteiger partial charge in [0.2, 0.25) is 0 Å². The van der Waals surface area contributed by atoms with Gasteiger partial charge < -0.3 is 18.5 Å². The van der Waals surface area contributed by atoms with Gasteiger partial charge in [0.1, 0.15) is 17.6 Å². The largest absolute Gasteiger partial charge is 0.587 e. The lowest BCUT2D eigenvalue weighted by molar-refractivity contribution is -0.385. The van der Waals surface area contributed by atoms with Crippen molar-refractivity contribution in [3.05, 3.63) is 105 Å². The van der Waals surface area contributed by atoms with Crippen LogP contribution in [0.2, 0.25) is 0 Å². The Hall–Kier alpha value is -3.83. The highest BCUT2D eigenvalue weighted by Crippen LogP contribution is 2.50. The van der Waals surface area contributed by atoms with E-state index in [-0.39, 0.29) is 42.7 Å². The van der Waals surface area contributed by atoms with Gasteiger partial charge in [-0.3, -0.25) is 24.8 Å².